The predicted octanol–water partition coefficient (Wildman–Crippen LogP) is 2.74. The van der Waals surface area contributed by atoms with Crippen molar-refractivity contribution in [3.63, 3.8) is 0 Å². The lowest BCUT2D eigenvalue weighted by Gasteiger charge is -2.31. The fourth-order valence-electron chi connectivity index (χ4n) is 2.25. The molecule has 16 heavy (non-hydrogen) atoms. The van der Waals surface area contributed by atoms with Gasteiger partial charge in [-0.05, 0) is 37.0 Å². The van der Waals surface area contributed by atoms with E-state index in [1.165, 1.54) is 16.7 Å². The molecule has 0 bridgehead atoms. The van der Waals surface area contributed by atoms with Crippen LogP contribution in [0.15, 0.2) is 18.2 Å². The summed E-state index contributed by atoms with van der Waals surface area (Å²) >= 11 is 0. The number of hydrogen-bond acceptors (Lipinski definition) is 2. The van der Waals surface area contributed by atoms with Crippen LogP contribution in [0.3, 0.4) is 0 Å². The van der Waals surface area contributed by atoms with Crippen LogP contribution >= 0.6 is 0 Å². The van der Waals surface area contributed by atoms with Crippen LogP contribution in [0.1, 0.15) is 36.1 Å². The first kappa shape index (κ1) is 11.6. The van der Waals surface area contributed by atoms with Gasteiger partial charge >= 0.3 is 0 Å². The highest BCUT2D eigenvalue weighted by Crippen LogP contribution is 2.26. The second-order valence-corrected chi connectivity index (χ2v) is 4.60. The van der Waals surface area contributed by atoms with Gasteiger partial charge in [-0.1, -0.05) is 25.1 Å². The third-order valence-electron chi connectivity index (χ3n) is 3.51. The predicted molar refractivity (Wildman–Crippen MR) is 66.7 cm³/mol. The van der Waals surface area contributed by atoms with Crippen molar-refractivity contribution < 1.29 is 4.74 Å². The van der Waals surface area contributed by atoms with Crippen molar-refractivity contribution in [1.29, 1.82) is 0 Å². The van der Waals surface area contributed by atoms with E-state index >= 15 is 0 Å². The van der Waals surface area contributed by atoms with Gasteiger partial charge in [0, 0.05) is 13.1 Å². The Bertz CT molecular complexity index is 362. The van der Waals surface area contributed by atoms with Gasteiger partial charge in [0.1, 0.15) is 0 Å². The number of aryl methyl sites for hydroxylation is 1. The largest absolute Gasteiger partial charge is 0.368 e. The lowest BCUT2D eigenvalue weighted by molar-refractivity contribution is -0.0402. The van der Waals surface area contributed by atoms with Crippen LogP contribution in [0.4, 0.5) is 0 Å². The molecule has 0 aromatic heterocycles. The average molecular weight is 219 g/mol. The van der Waals surface area contributed by atoms with Crippen molar-refractivity contribution in [2.45, 2.75) is 39.4 Å². The molecule has 1 fully saturated rings. The smallest absolute Gasteiger partial charge is 0.0956 e. The zero-order valence-corrected chi connectivity index (χ0v) is 10.4. The summed E-state index contributed by atoms with van der Waals surface area (Å²) in [6.45, 7) is 8.44. The molecule has 1 aliphatic rings. The van der Waals surface area contributed by atoms with Gasteiger partial charge in [0.25, 0.3) is 0 Å². The van der Waals surface area contributed by atoms with Crippen LogP contribution in [-0.4, -0.2) is 19.2 Å². The molecular formula is C14H21NO. The maximum atomic E-state index is 6.09. The number of ether oxygens (including phenoxy) is 1. The van der Waals surface area contributed by atoms with Gasteiger partial charge in [-0.3, -0.25) is 0 Å². The molecule has 0 radical (unpaired) electrons. The Balaban J connectivity index is 2.20. The second kappa shape index (κ2) is 4.98. The van der Waals surface area contributed by atoms with Crippen molar-refractivity contribution in [3.05, 3.63) is 34.9 Å². The van der Waals surface area contributed by atoms with E-state index in [4.69, 9.17) is 4.74 Å². The SMILES string of the molecule is CCC1CNCC(c2cccc(C)c2C)O1. The third-order valence-corrected chi connectivity index (χ3v) is 3.51. The quantitative estimate of drug-likeness (QED) is 0.826. The average Bonchev–Trinajstić information content (AvgIpc) is 2.33. The van der Waals surface area contributed by atoms with Crippen LogP contribution in [0.2, 0.25) is 0 Å². The molecule has 88 valence electrons. The molecule has 0 spiro atoms. The molecule has 0 saturated carbocycles. The topological polar surface area (TPSA) is 21.3 Å². The summed E-state index contributed by atoms with van der Waals surface area (Å²) in [5.41, 5.74) is 4.05. The first-order chi connectivity index (χ1) is 7.72. The molecule has 1 N–H and O–H groups in total. The Kier molecular flexibility index (Phi) is 3.62. The van der Waals surface area contributed by atoms with Gasteiger partial charge in [-0.25, -0.2) is 0 Å². The van der Waals surface area contributed by atoms with E-state index in [0.29, 0.717) is 6.10 Å². The van der Waals surface area contributed by atoms with E-state index in [1.54, 1.807) is 0 Å². The summed E-state index contributed by atoms with van der Waals surface area (Å²) in [7, 11) is 0. The van der Waals surface area contributed by atoms with E-state index in [-0.39, 0.29) is 6.10 Å². The molecule has 1 heterocycles. The lowest BCUT2D eigenvalue weighted by Crippen LogP contribution is -2.40. The maximum absolute atomic E-state index is 6.09. The minimum atomic E-state index is 0.221. The van der Waals surface area contributed by atoms with Crippen LogP contribution in [0.5, 0.6) is 0 Å². The molecule has 2 nitrogen and oxygen atoms in total. The molecular weight excluding hydrogens is 198 g/mol. The first-order valence-corrected chi connectivity index (χ1v) is 6.14. The van der Waals surface area contributed by atoms with Gasteiger partial charge in [0.2, 0.25) is 0 Å². The minimum Gasteiger partial charge on any atom is -0.368 e. The number of nitrogens with one attached hydrogen (secondary N) is 1. The van der Waals surface area contributed by atoms with E-state index in [9.17, 15) is 0 Å². The molecule has 2 unspecified atom stereocenters. The number of rotatable bonds is 2. The Hall–Kier alpha value is -0.860. The molecule has 2 rings (SSSR count). The molecule has 0 aliphatic carbocycles. The number of hydrogen-bond donors (Lipinski definition) is 1. The highest BCUT2D eigenvalue weighted by molar-refractivity contribution is 5.35. The van der Waals surface area contributed by atoms with Crippen LogP contribution in [0, 0.1) is 13.8 Å². The highest BCUT2D eigenvalue weighted by atomic mass is 16.5. The maximum Gasteiger partial charge on any atom is 0.0956 e. The third kappa shape index (κ3) is 2.28. The van der Waals surface area contributed by atoms with Crippen molar-refractivity contribution in [2.75, 3.05) is 13.1 Å². The van der Waals surface area contributed by atoms with Crippen molar-refractivity contribution in [1.82, 2.24) is 5.32 Å². The monoisotopic (exact) mass is 219 g/mol. The summed E-state index contributed by atoms with van der Waals surface area (Å²) in [6, 6.07) is 6.47. The number of morpholine rings is 1. The second-order valence-electron chi connectivity index (χ2n) is 4.60. The summed E-state index contributed by atoms with van der Waals surface area (Å²) in [5, 5.41) is 3.46. The molecule has 2 atom stereocenters. The van der Waals surface area contributed by atoms with Gasteiger partial charge in [-0.15, -0.1) is 0 Å². The fourth-order valence-corrected chi connectivity index (χ4v) is 2.25. The fraction of sp³-hybridized carbons (Fsp3) is 0.571. The van der Waals surface area contributed by atoms with Crippen molar-refractivity contribution in [2.24, 2.45) is 0 Å². The first-order valence-electron chi connectivity index (χ1n) is 6.14. The van der Waals surface area contributed by atoms with Crippen LogP contribution < -0.4 is 5.32 Å². The molecule has 1 aliphatic heterocycles. The van der Waals surface area contributed by atoms with E-state index in [1.807, 2.05) is 0 Å². The lowest BCUT2D eigenvalue weighted by atomic mass is 9.98. The van der Waals surface area contributed by atoms with E-state index in [0.717, 1.165) is 19.5 Å². The van der Waals surface area contributed by atoms with E-state index in [2.05, 4.69) is 44.3 Å². The normalized spacial score (nSPS) is 25.7. The molecule has 1 saturated heterocycles. The van der Waals surface area contributed by atoms with Gasteiger partial charge in [-0.2, -0.15) is 0 Å². The van der Waals surface area contributed by atoms with E-state index < -0.39 is 0 Å². The summed E-state index contributed by atoms with van der Waals surface area (Å²) < 4.78 is 6.09. The van der Waals surface area contributed by atoms with Gasteiger partial charge < -0.3 is 10.1 Å². The minimum absolute atomic E-state index is 0.221. The van der Waals surface area contributed by atoms with Crippen molar-refractivity contribution >= 4 is 0 Å². The van der Waals surface area contributed by atoms with Crippen LogP contribution in [-0.2, 0) is 4.74 Å². The Morgan fingerprint density at radius 1 is 1.31 bits per heavy atom. The number of benzene rings is 1. The zero-order chi connectivity index (χ0) is 11.5. The zero-order valence-electron chi connectivity index (χ0n) is 10.4. The molecule has 0 amide bonds. The molecule has 1 aromatic carbocycles. The summed E-state index contributed by atoms with van der Waals surface area (Å²) in [4.78, 5) is 0. The highest BCUT2D eigenvalue weighted by Gasteiger charge is 2.23. The standard InChI is InChI=1S/C14H21NO/c1-4-12-8-15-9-14(16-12)13-7-5-6-10(2)11(13)3/h5-7,12,14-15H,4,8-9H2,1-3H3. The van der Waals surface area contributed by atoms with Gasteiger partial charge in [0.05, 0.1) is 12.2 Å². The molecule has 2 heteroatoms. The van der Waals surface area contributed by atoms with Crippen LogP contribution in [0.25, 0.3) is 0 Å². The Morgan fingerprint density at radius 3 is 2.88 bits per heavy atom. The Labute approximate surface area is 98.0 Å². The Morgan fingerprint density at radius 2 is 2.12 bits per heavy atom. The van der Waals surface area contributed by atoms with Gasteiger partial charge in [0.15, 0.2) is 0 Å². The summed E-state index contributed by atoms with van der Waals surface area (Å²) in [5.74, 6) is 0. The molecule has 1 aromatic rings. The summed E-state index contributed by atoms with van der Waals surface area (Å²) in [6.07, 6.45) is 1.66. The van der Waals surface area contributed by atoms with Crippen molar-refractivity contribution in [3.8, 4) is 0 Å².